The van der Waals surface area contributed by atoms with E-state index in [2.05, 4.69) is 0 Å². The highest BCUT2D eigenvalue weighted by Gasteiger charge is 2.21. The molecule has 1 aliphatic heterocycles. The van der Waals surface area contributed by atoms with Gasteiger partial charge in [0, 0.05) is 11.1 Å². The first kappa shape index (κ1) is 20.0. The van der Waals surface area contributed by atoms with E-state index >= 15 is 0 Å². The zero-order valence-electron chi connectivity index (χ0n) is 15.9. The molecule has 9 heteroatoms. The lowest BCUT2D eigenvalue weighted by Crippen LogP contribution is -2.11. The molecule has 5 rings (SSSR count). The maximum absolute atomic E-state index is 11.6. The van der Waals surface area contributed by atoms with Gasteiger partial charge in [0.05, 0.1) is 20.5 Å². The lowest BCUT2D eigenvalue weighted by Gasteiger charge is -2.05. The fraction of sp³-hybridized carbons (Fsp3) is 0.0455. The van der Waals surface area contributed by atoms with Gasteiger partial charge in [0.2, 0.25) is 16.8 Å². The van der Waals surface area contributed by atoms with Gasteiger partial charge in [-0.3, -0.25) is 0 Å². The highest BCUT2D eigenvalue weighted by Crippen LogP contribution is 2.45. The summed E-state index contributed by atoms with van der Waals surface area (Å²) in [6.07, 6.45) is 0. The molecule has 0 radical (unpaired) electrons. The summed E-state index contributed by atoms with van der Waals surface area (Å²) in [5.74, 6) is 1.36. The van der Waals surface area contributed by atoms with Crippen molar-refractivity contribution in [3.63, 3.8) is 0 Å². The first-order valence-corrected chi connectivity index (χ1v) is 11.9. The van der Waals surface area contributed by atoms with E-state index in [1.165, 1.54) is 23.5 Å². The predicted molar refractivity (Wildman–Crippen MR) is 121 cm³/mol. The van der Waals surface area contributed by atoms with Gasteiger partial charge in [0.15, 0.2) is 11.5 Å². The Morgan fingerprint density at radius 1 is 0.935 bits per heavy atom. The van der Waals surface area contributed by atoms with Crippen molar-refractivity contribution < 1.29 is 17.9 Å². The maximum atomic E-state index is 11.6. The first-order valence-electron chi connectivity index (χ1n) is 9.19. The topological polar surface area (TPSA) is 91.5 Å². The van der Waals surface area contributed by atoms with Crippen LogP contribution in [0.15, 0.2) is 71.6 Å². The predicted octanol–water partition coefficient (Wildman–Crippen LogP) is 5.17. The van der Waals surface area contributed by atoms with Crippen LogP contribution in [0, 0.1) is 0 Å². The van der Waals surface area contributed by atoms with Crippen LogP contribution < -0.4 is 14.6 Å². The Morgan fingerprint density at radius 2 is 1.65 bits per heavy atom. The Kier molecular flexibility index (Phi) is 4.94. The zero-order valence-corrected chi connectivity index (χ0v) is 18.3. The summed E-state index contributed by atoms with van der Waals surface area (Å²) in [5.41, 5.74) is 3.20. The van der Waals surface area contributed by atoms with E-state index in [-0.39, 0.29) is 11.7 Å². The number of hydrogen-bond donors (Lipinski definition) is 1. The van der Waals surface area contributed by atoms with Gasteiger partial charge in [-0.2, -0.15) is 0 Å². The van der Waals surface area contributed by atoms with Crippen LogP contribution in [-0.2, 0) is 10.0 Å². The number of sulfonamides is 1. The van der Waals surface area contributed by atoms with Crippen LogP contribution >= 0.6 is 22.9 Å². The summed E-state index contributed by atoms with van der Waals surface area (Å²) in [5, 5.41) is 6.59. The number of fused-ring (bicyclic) bond motifs is 1. The van der Waals surface area contributed by atoms with Gasteiger partial charge in [-0.1, -0.05) is 41.9 Å². The largest absolute Gasteiger partial charge is 0.454 e. The second-order valence-corrected chi connectivity index (χ2v) is 9.78. The van der Waals surface area contributed by atoms with Crippen LogP contribution in [0.25, 0.3) is 32.3 Å². The monoisotopic (exact) mass is 470 g/mol. The van der Waals surface area contributed by atoms with Gasteiger partial charge in [0.1, 0.15) is 5.01 Å². The highest BCUT2D eigenvalue weighted by atomic mass is 35.5. The maximum Gasteiger partial charge on any atom is 0.238 e. The Labute approximate surface area is 187 Å². The van der Waals surface area contributed by atoms with Crippen LogP contribution in [0.2, 0.25) is 5.02 Å². The second-order valence-electron chi connectivity index (χ2n) is 6.81. The molecule has 1 aromatic heterocycles. The minimum Gasteiger partial charge on any atom is -0.454 e. The van der Waals surface area contributed by atoms with Crippen molar-refractivity contribution >= 4 is 33.0 Å². The molecular formula is C22H15ClN2O4S2. The molecular weight excluding hydrogens is 456 g/mol. The third-order valence-corrected chi connectivity index (χ3v) is 7.22. The van der Waals surface area contributed by atoms with Crippen molar-refractivity contribution in [2.24, 2.45) is 5.14 Å². The molecule has 2 N–H and O–H groups in total. The van der Waals surface area contributed by atoms with Crippen molar-refractivity contribution in [2.45, 2.75) is 4.90 Å². The average molecular weight is 471 g/mol. The number of rotatable bonds is 4. The summed E-state index contributed by atoms with van der Waals surface area (Å²) in [7, 11) is -3.78. The number of thiazole rings is 1. The van der Waals surface area contributed by atoms with Crippen LogP contribution in [0.4, 0.5) is 0 Å². The SMILES string of the molecule is NS(=O)(=O)c1ccc(-c2nc(-c3ccccc3Cl)sc2-c2ccc3c(c2)OCO3)cc1. The number of ether oxygens (including phenoxy) is 2. The average Bonchev–Trinajstić information content (AvgIpc) is 3.40. The molecule has 3 aromatic carbocycles. The van der Waals surface area contributed by atoms with E-state index in [0.717, 1.165) is 26.6 Å². The minimum atomic E-state index is -3.78. The molecule has 0 saturated carbocycles. The molecule has 0 aliphatic carbocycles. The molecule has 0 saturated heterocycles. The van der Waals surface area contributed by atoms with Crippen molar-refractivity contribution in [3.8, 4) is 43.8 Å². The standard InChI is InChI=1S/C22H15ClN2O4S2/c23-17-4-2-1-3-16(17)22-25-20(13-5-8-15(9-6-13)31(24,26)27)21(30-22)14-7-10-18-19(11-14)29-12-28-18/h1-11H,12H2,(H2,24,26,27). The van der Waals surface area contributed by atoms with Gasteiger partial charge >= 0.3 is 0 Å². The number of nitrogens with zero attached hydrogens (tertiary/aromatic N) is 1. The molecule has 0 amide bonds. The summed E-state index contributed by atoms with van der Waals surface area (Å²) in [6, 6.07) is 19.6. The third-order valence-electron chi connectivity index (χ3n) is 4.82. The lowest BCUT2D eigenvalue weighted by atomic mass is 10.1. The quantitative estimate of drug-likeness (QED) is 0.444. The number of nitrogens with two attached hydrogens (primary N) is 1. The van der Waals surface area contributed by atoms with E-state index in [4.69, 9.17) is 31.2 Å². The van der Waals surface area contributed by atoms with Gasteiger partial charge in [-0.25, -0.2) is 18.5 Å². The molecule has 0 unspecified atom stereocenters. The fourth-order valence-corrected chi connectivity index (χ4v) is 5.22. The van der Waals surface area contributed by atoms with E-state index in [9.17, 15) is 8.42 Å². The van der Waals surface area contributed by atoms with Crippen LogP contribution in [0.1, 0.15) is 0 Å². The Bertz CT molecular complexity index is 1400. The van der Waals surface area contributed by atoms with Crippen molar-refractivity contribution in [3.05, 3.63) is 71.8 Å². The van der Waals surface area contributed by atoms with Gasteiger partial charge < -0.3 is 9.47 Å². The molecule has 156 valence electrons. The highest BCUT2D eigenvalue weighted by molar-refractivity contribution is 7.89. The van der Waals surface area contributed by atoms with Crippen molar-refractivity contribution in [1.29, 1.82) is 0 Å². The molecule has 0 atom stereocenters. The molecule has 1 aliphatic rings. The molecule has 2 heterocycles. The molecule has 4 aromatic rings. The third kappa shape index (κ3) is 3.79. The zero-order chi connectivity index (χ0) is 21.6. The molecule has 31 heavy (non-hydrogen) atoms. The normalized spacial score (nSPS) is 12.8. The summed E-state index contributed by atoms with van der Waals surface area (Å²) in [6.45, 7) is 0.189. The molecule has 6 nitrogen and oxygen atoms in total. The van der Waals surface area contributed by atoms with Crippen LogP contribution in [0.3, 0.4) is 0 Å². The van der Waals surface area contributed by atoms with E-state index < -0.39 is 10.0 Å². The number of hydrogen-bond acceptors (Lipinski definition) is 6. The first-order chi connectivity index (χ1) is 14.9. The number of aromatic nitrogens is 1. The summed E-state index contributed by atoms with van der Waals surface area (Å²) < 4.78 is 34.2. The Morgan fingerprint density at radius 3 is 2.39 bits per heavy atom. The Hall–Kier alpha value is -2.91. The molecule has 0 fully saturated rings. The van der Waals surface area contributed by atoms with E-state index in [1.54, 1.807) is 12.1 Å². The van der Waals surface area contributed by atoms with Gasteiger partial charge in [-0.05, 0) is 42.0 Å². The molecule has 0 spiro atoms. The van der Waals surface area contributed by atoms with Crippen molar-refractivity contribution in [2.75, 3.05) is 6.79 Å². The fourth-order valence-electron chi connectivity index (χ4n) is 3.30. The summed E-state index contributed by atoms with van der Waals surface area (Å²) in [4.78, 5) is 5.80. The van der Waals surface area contributed by atoms with Crippen molar-refractivity contribution in [1.82, 2.24) is 4.98 Å². The van der Waals surface area contributed by atoms with Gasteiger partial charge in [0.25, 0.3) is 0 Å². The smallest absolute Gasteiger partial charge is 0.238 e. The Balaban J connectivity index is 1.68. The lowest BCUT2D eigenvalue weighted by molar-refractivity contribution is 0.174. The van der Waals surface area contributed by atoms with Gasteiger partial charge in [-0.15, -0.1) is 11.3 Å². The van der Waals surface area contributed by atoms with E-state index in [1.807, 2.05) is 42.5 Å². The summed E-state index contributed by atoms with van der Waals surface area (Å²) >= 11 is 7.90. The number of primary sulfonamides is 1. The second kappa shape index (κ2) is 7.65. The van der Waals surface area contributed by atoms with E-state index in [0.29, 0.717) is 22.2 Å². The number of halogens is 1. The van der Waals surface area contributed by atoms with Crippen LogP contribution in [0.5, 0.6) is 11.5 Å². The minimum absolute atomic E-state index is 0.0439. The van der Waals surface area contributed by atoms with Crippen LogP contribution in [-0.4, -0.2) is 20.2 Å². The number of benzene rings is 3. The molecule has 0 bridgehead atoms.